The summed E-state index contributed by atoms with van der Waals surface area (Å²) in [6.07, 6.45) is 8.55. The predicted octanol–water partition coefficient (Wildman–Crippen LogP) is 4.20. The Balaban J connectivity index is 1.40. The molecule has 1 saturated carbocycles. The summed E-state index contributed by atoms with van der Waals surface area (Å²) in [5, 5.41) is 4.14. The van der Waals surface area contributed by atoms with Gasteiger partial charge in [-0.2, -0.15) is 4.98 Å². The van der Waals surface area contributed by atoms with Gasteiger partial charge in [0, 0.05) is 25.6 Å². The van der Waals surface area contributed by atoms with Gasteiger partial charge in [0.1, 0.15) is 17.5 Å². The van der Waals surface area contributed by atoms with E-state index in [2.05, 4.69) is 10.1 Å². The highest BCUT2D eigenvalue weighted by atomic mass is 16.5. The summed E-state index contributed by atoms with van der Waals surface area (Å²) in [6.45, 7) is 2.05. The molecular formula is C24H33N3O5. The van der Waals surface area contributed by atoms with Gasteiger partial charge in [-0.05, 0) is 50.2 Å². The Labute approximate surface area is 189 Å². The molecular weight excluding hydrogens is 410 g/mol. The average molecular weight is 444 g/mol. The number of hydrogen-bond acceptors (Lipinski definition) is 7. The van der Waals surface area contributed by atoms with Crippen molar-refractivity contribution in [1.82, 2.24) is 15.0 Å². The Morgan fingerprint density at radius 2 is 1.94 bits per heavy atom. The molecule has 2 aromatic rings. The monoisotopic (exact) mass is 443 g/mol. The molecule has 1 atom stereocenters. The molecule has 0 spiro atoms. The van der Waals surface area contributed by atoms with Crippen LogP contribution in [0.3, 0.4) is 0 Å². The highest BCUT2D eigenvalue weighted by molar-refractivity contribution is 5.97. The highest BCUT2D eigenvalue weighted by Gasteiger charge is 2.34. The lowest BCUT2D eigenvalue weighted by atomic mass is 10.00. The number of nitrogens with zero attached hydrogens (tertiary/aromatic N) is 3. The van der Waals surface area contributed by atoms with Crippen LogP contribution in [0.1, 0.15) is 73.1 Å². The summed E-state index contributed by atoms with van der Waals surface area (Å²) in [7, 11) is 3.14. The minimum absolute atomic E-state index is 0.103. The van der Waals surface area contributed by atoms with Gasteiger partial charge < -0.3 is 23.6 Å². The van der Waals surface area contributed by atoms with Crippen LogP contribution in [0.15, 0.2) is 22.7 Å². The third-order valence-electron chi connectivity index (χ3n) is 6.47. The third kappa shape index (κ3) is 5.23. The van der Waals surface area contributed by atoms with Gasteiger partial charge >= 0.3 is 0 Å². The molecule has 1 aromatic carbocycles. The van der Waals surface area contributed by atoms with Crippen LogP contribution < -0.4 is 9.47 Å². The average Bonchev–Trinajstić information content (AvgIpc) is 3.53. The number of carbonyl (C=O) groups is 1. The molecule has 0 radical (unpaired) electrons. The van der Waals surface area contributed by atoms with Crippen LogP contribution in [0.25, 0.3) is 0 Å². The van der Waals surface area contributed by atoms with E-state index >= 15 is 0 Å². The maximum Gasteiger partial charge on any atom is 0.258 e. The number of carbonyl (C=O) groups excluding carboxylic acids is 1. The fourth-order valence-corrected chi connectivity index (χ4v) is 4.66. The van der Waals surface area contributed by atoms with Crippen LogP contribution in [0, 0.1) is 5.92 Å². The summed E-state index contributed by atoms with van der Waals surface area (Å²) in [5.74, 6) is 2.86. The lowest BCUT2D eigenvalue weighted by molar-refractivity contribution is 0.0558. The molecule has 174 valence electrons. The molecule has 1 saturated heterocycles. The minimum atomic E-state index is -0.233. The van der Waals surface area contributed by atoms with Gasteiger partial charge in [0.05, 0.1) is 26.4 Å². The van der Waals surface area contributed by atoms with Crippen molar-refractivity contribution in [1.29, 1.82) is 0 Å². The van der Waals surface area contributed by atoms with Crippen LogP contribution in [0.2, 0.25) is 0 Å². The molecule has 0 N–H and O–H groups in total. The summed E-state index contributed by atoms with van der Waals surface area (Å²) in [4.78, 5) is 19.8. The number of aromatic nitrogens is 2. The first kappa shape index (κ1) is 22.6. The van der Waals surface area contributed by atoms with Crippen molar-refractivity contribution in [3.63, 3.8) is 0 Å². The normalized spacial score (nSPS) is 19.3. The van der Waals surface area contributed by atoms with Crippen molar-refractivity contribution >= 4 is 5.91 Å². The second kappa shape index (κ2) is 10.8. The van der Waals surface area contributed by atoms with Crippen molar-refractivity contribution in [3.8, 4) is 11.5 Å². The molecule has 4 rings (SSSR count). The fourth-order valence-electron chi connectivity index (χ4n) is 4.66. The molecule has 1 aliphatic heterocycles. The maximum atomic E-state index is 13.4. The molecule has 1 aliphatic carbocycles. The summed E-state index contributed by atoms with van der Waals surface area (Å²) in [5.41, 5.74) is 0.500. The number of methoxy groups -OCH3 is 2. The van der Waals surface area contributed by atoms with E-state index < -0.39 is 0 Å². The van der Waals surface area contributed by atoms with E-state index in [-0.39, 0.29) is 11.9 Å². The van der Waals surface area contributed by atoms with Crippen molar-refractivity contribution in [3.05, 3.63) is 35.5 Å². The van der Waals surface area contributed by atoms with Gasteiger partial charge in [0.15, 0.2) is 5.82 Å². The van der Waals surface area contributed by atoms with Crippen molar-refractivity contribution < 1.29 is 23.5 Å². The second-order valence-electron chi connectivity index (χ2n) is 8.60. The Hall–Kier alpha value is -2.61. The van der Waals surface area contributed by atoms with Crippen LogP contribution in [0.5, 0.6) is 11.5 Å². The van der Waals surface area contributed by atoms with Gasteiger partial charge in [0.25, 0.3) is 5.91 Å². The Bertz CT molecular complexity index is 894. The molecule has 32 heavy (non-hydrogen) atoms. The molecule has 1 unspecified atom stereocenters. The summed E-state index contributed by atoms with van der Waals surface area (Å²) in [6, 6.07) is 5.00. The third-order valence-corrected chi connectivity index (χ3v) is 6.47. The Morgan fingerprint density at radius 1 is 1.12 bits per heavy atom. The van der Waals surface area contributed by atoms with Gasteiger partial charge in [-0.3, -0.25) is 4.79 Å². The minimum Gasteiger partial charge on any atom is -0.497 e. The zero-order valence-corrected chi connectivity index (χ0v) is 19.0. The largest absolute Gasteiger partial charge is 0.497 e. The standard InChI is InChI=1S/C24H33N3O5/c1-29-18-10-11-19(21(15-18)30-2)24(28)27-13-6-5-9-20(27)23-25-22(26-32-23)12-14-31-16-17-7-3-4-8-17/h10-11,15,17,20H,3-9,12-14,16H2,1-2H3. The number of amides is 1. The lowest BCUT2D eigenvalue weighted by Crippen LogP contribution is -2.38. The van der Waals surface area contributed by atoms with Gasteiger partial charge in [0.2, 0.25) is 5.89 Å². The van der Waals surface area contributed by atoms with E-state index in [1.165, 1.54) is 25.7 Å². The molecule has 2 heterocycles. The number of ether oxygens (including phenoxy) is 3. The van der Waals surface area contributed by atoms with Gasteiger partial charge in [-0.15, -0.1) is 0 Å². The Morgan fingerprint density at radius 3 is 2.72 bits per heavy atom. The Kier molecular flexibility index (Phi) is 7.63. The fraction of sp³-hybridized carbons (Fsp3) is 0.625. The van der Waals surface area contributed by atoms with E-state index in [1.807, 2.05) is 4.90 Å². The van der Waals surface area contributed by atoms with E-state index in [0.29, 0.717) is 54.3 Å². The second-order valence-corrected chi connectivity index (χ2v) is 8.60. The quantitative estimate of drug-likeness (QED) is 0.537. The molecule has 1 amide bonds. The van der Waals surface area contributed by atoms with Crippen molar-refractivity contribution in [2.24, 2.45) is 5.92 Å². The van der Waals surface area contributed by atoms with Crippen LogP contribution in [-0.2, 0) is 11.2 Å². The first-order valence-corrected chi connectivity index (χ1v) is 11.6. The van der Waals surface area contributed by atoms with Crippen LogP contribution >= 0.6 is 0 Å². The SMILES string of the molecule is COc1ccc(C(=O)N2CCCCC2c2nc(CCOCC3CCCC3)no2)c(OC)c1. The van der Waals surface area contributed by atoms with Gasteiger partial charge in [-0.25, -0.2) is 0 Å². The van der Waals surface area contributed by atoms with E-state index in [9.17, 15) is 4.79 Å². The molecule has 2 fully saturated rings. The van der Waals surface area contributed by atoms with E-state index in [0.717, 1.165) is 25.9 Å². The van der Waals surface area contributed by atoms with Crippen LogP contribution in [0.4, 0.5) is 0 Å². The predicted molar refractivity (Wildman–Crippen MR) is 118 cm³/mol. The maximum absolute atomic E-state index is 13.4. The topological polar surface area (TPSA) is 86.9 Å². The number of rotatable bonds is 9. The summed E-state index contributed by atoms with van der Waals surface area (Å²) < 4.78 is 22.1. The zero-order chi connectivity index (χ0) is 22.3. The smallest absolute Gasteiger partial charge is 0.258 e. The number of likely N-dealkylation sites (tertiary alicyclic amines) is 1. The lowest BCUT2D eigenvalue weighted by Gasteiger charge is -2.33. The van der Waals surface area contributed by atoms with E-state index in [4.69, 9.17) is 18.7 Å². The molecule has 8 nitrogen and oxygen atoms in total. The van der Waals surface area contributed by atoms with Crippen molar-refractivity contribution in [2.45, 2.75) is 57.4 Å². The molecule has 0 bridgehead atoms. The first-order valence-electron chi connectivity index (χ1n) is 11.6. The van der Waals surface area contributed by atoms with Crippen LogP contribution in [-0.4, -0.2) is 54.9 Å². The zero-order valence-electron chi connectivity index (χ0n) is 19.0. The molecule has 8 heteroatoms. The van der Waals surface area contributed by atoms with E-state index in [1.54, 1.807) is 32.4 Å². The molecule has 1 aromatic heterocycles. The van der Waals surface area contributed by atoms with Gasteiger partial charge in [-0.1, -0.05) is 18.0 Å². The number of benzene rings is 1. The highest BCUT2D eigenvalue weighted by Crippen LogP contribution is 2.34. The first-order chi connectivity index (χ1) is 15.7. The summed E-state index contributed by atoms with van der Waals surface area (Å²) >= 11 is 0. The number of hydrogen-bond donors (Lipinski definition) is 0. The molecule has 2 aliphatic rings. The van der Waals surface area contributed by atoms with Crippen molar-refractivity contribution in [2.75, 3.05) is 34.0 Å². The number of piperidine rings is 1.